The van der Waals surface area contributed by atoms with Gasteiger partial charge in [-0.15, -0.1) is 0 Å². The summed E-state index contributed by atoms with van der Waals surface area (Å²) in [5.41, 5.74) is 1.03. The summed E-state index contributed by atoms with van der Waals surface area (Å²) in [4.78, 5) is 11.3. The fraction of sp³-hybridized carbons (Fsp3) is 0.533. The average Bonchev–Trinajstić information content (AvgIpc) is 2.75. The molecular formula is C15H18BrFO3. The molecule has 1 saturated carbocycles. The molecule has 0 aromatic heterocycles. The summed E-state index contributed by atoms with van der Waals surface area (Å²) < 4.78 is 23.9. The molecule has 0 radical (unpaired) electrons. The first-order chi connectivity index (χ1) is 9.58. The number of ether oxygens (including phenoxy) is 2. The third-order valence-electron chi connectivity index (χ3n) is 3.43. The highest BCUT2D eigenvalue weighted by molar-refractivity contribution is 9.09. The van der Waals surface area contributed by atoms with Crippen molar-refractivity contribution in [2.45, 2.75) is 42.8 Å². The smallest absolute Gasteiger partial charge is 0.305 e. The van der Waals surface area contributed by atoms with Gasteiger partial charge in [-0.2, -0.15) is 0 Å². The fourth-order valence-corrected chi connectivity index (χ4v) is 3.00. The SMILES string of the molecule is COC(=O)CCc1ccc(OC2CC(Br)CC2F)cc1. The predicted molar refractivity (Wildman–Crippen MR) is 78.0 cm³/mol. The molecule has 3 atom stereocenters. The number of aryl methyl sites for hydroxylation is 1. The highest BCUT2D eigenvalue weighted by atomic mass is 79.9. The Morgan fingerprint density at radius 3 is 2.60 bits per heavy atom. The van der Waals surface area contributed by atoms with Crippen molar-refractivity contribution in [1.82, 2.24) is 0 Å². The second-order valence-corrected chi connectivity index (χ2v) is 6.26. The molecule has 3 nitrogen and oxygen atoms in total. The molecule has 20 heavy (non-hydrogen) atoms. The van der Waals surface area contributed by atoms with E-state index in [-0.39, 0.29) is 16.9 Å². The van der Waals surface area contributed by atoms with Crippen LogP contribution in [0.5, 0.6) is 5.75 Å². The van der Waals surface area contributed by atoms with E-state index < -0.39 is 6.17 Å². The zero-order chi connectivity index (χ0) is 14.5. The number of esters is 1. The molecule has 1 aliphatic carbocycles. The van der Waals surface area contributed by atoms with Crippen molar-refractivity contribution >= 4 is 21.9 Å². The Hall–Kier alpha value is -1.10. The van der Waals surface area contributed by atoms with Crippen LogP contribution in [0.2, 0.25) is 0 Å². The van der Waals surface area contributed by atoms with Crippen LogP contribution in [0.1, 0.15) is 24.8 Å². The van der Waals surface area contributed by atoms with Gasteiger partial charge in [0, 0.05) is 11.2 Å². The van der Waals surface area contributed by atoms with Crippen molar-refractivity contribution in [2.24, 2.45) is 0 Å². The molecule has 0 heterocycles. The molecule has 1 fully saturated rings. The van der Waals surface area contributed by atoms with E-state index >= 15 is 0 Å². The normalized spacial score (nSPS) is 25.4. The minimum absolute atomic E-state index is 0.196. The molecule has 110 valence electrons. The van der Waals surface area contributed by atoms with E-state index in [1.54, 1.807) is 0 Å². The summed E-state index contributed by atoms with van der Waals surface area (Å²) in [5, 5.41) is 0. The Kier molecular flexibility index (Phi) is 5.40. The van der Waals surface area contributed by atoms with Gasteiger partial charge in [0.2, 0.25) is 0 Å². The summed E-state index contributed by atoms with van der Waals surface area (Å²) in [5.74, 6) is 0.445. The maximum atomic E-state index is 13.6. The van der Waals surface area contributed by atoms with Gasteiger partial charge in [0.1, 0.15) is 18.0 Å². The minimum Gasteiger partial charge on any atom is -0.487 e. The number of halogens is 2. The second-order valence-electron chi connectivity index (χ2n) is 4.96. The van der Waals surface area contributed by atoms with E-state index in [0.29, 0.717) is 31.4 Å². The summed E-state index contributed by atoms with van der Waals surface area (Å²) in [6.07, 6.45) is 0.884. The molecule has 0 N–H and O–H groups in total. The van der Waals surface area contributed by atoms with Crippen molar-refractivity contribution in [3.8, 4) is 5.75 Å². The Morgan fingerprint density at radius 1 is 1.35 bits per heavy atom. The van der Waals surface area contributed by atoms with E-state index in [4.69, 9.17) is 4.74 Å². The summed E-state index contributed by atoms with van der Waals surface area (Å²) in [7, 11) is 1.38. The van der Waals surface area contributed by atoms with Gasteiger partial charge in [-0.05, 0) is 37.0 Å². The van der Waals surface area contributed by atoms with Crippen LogP contribution >= 0.6 is 15.9 Å². The summed E-state index contributed by atoms with van der Waals surface area (Å²) in [6, 6.07) is 7.43. The second kappa shape index (κ2) is 7.07. The third-order valence-corrected chi connectivity index (χ3v) is 4.18. The Labute approximate surface area is 126 Å². The van der Waals surface area contributed by atoms with Crippen LogP contribution in [0.15, 0.2) is 24.3 Å². The zero-order valence-electron chi connectivity index (χ0n) is 11.4. The molecule has 0 aliphatic heterocycles. The number of methoxy groups -OCH3 is 1. The standard InChI is InChI=1S/C15H18BrFO3/c1-19-15(18)7-4-10-2-5-12(6-3-10)20-14-9-11(16)8-13(14)17/h2-3,5-6,11,13-14H,4,7-9H2,1H3. The van der Waals surface area contributed by atoms with Crippen LogP contribution in [-0.4, -0.2) is 30.2 Å². The van der Waals surface area contributed by atoms with Gasteiger partial charge < -0.3 is 9.47 Å². The lowest BCUT2D eigenvalue weighted by molar-refractivity contribution is -0.140. The average molecular weight is 345 g/mol. The molecule has 1 aromatic carbocycles. The van der Waals surface area contributed by atoms with E-state index in [0.717, 1.165) is 5.56 Å². The highest BCUT2D eigenvalue weighted by Crippen LogP contribution is 2.31. The van der Waals surface area contributed by atoms with Crippen LogP contribution in [-0.2, 0) is 16.0 Å². The highest BCUT2D eigenvalue weighted by Gasteiger charge is 2.34. The number of hydrogen-bond acceptors (Lipinski definition) is 3. The maximum Gasteiger partial charge on any atom is 0.305 e. The number of hydrogen-bond donors (Lipinski definition) is 0. The molecule has 2 rings (SSSR count). The summed E-state index contributed by atoms with van der Waals surface area (Å²) in [6.45, 7) is 0. The van der Waals surface area contributed by atoms with Crippen molar-refractivity contribution in [2.75, 3.05) is 7.11 Å². The van der Waals surface area contributed by atoms with Gasteiger partial charge in [0.25, 0.3) is 0 Å². The van der Waals surface area contributed by atoms with Gasteiger partial charge >= 0.3 is 5.97 Å². The van der Waals surface area contributed by atoms with Gasteiger partial charge in [0.05, 0.1) is 7.11 Å². The van der Waals surface area contributed by atoms with Crippen molar-refractivity contribution < 1.29 is 18.7 Å². The first-order valence-corrected chi connectivity index (χ1v) is 7.60. The molecule has 5 heteroatoms. The Bertz CT molecular complexity index is 449. The number of alkyl halides is 2. The van der Waals surface area contributed by atoms with Gasteiger partial charge in [-0.25, -0.2) is 4.39 Å². The lowest BCUT2D eigenvalue weighted by atomic mass is 10.1. The molecule has 1 aliphatic rings. The predicted octanol–water partition coefficient (Wildman–Crippen LogP) is 3.44. The van der Waals surface area contributed by atoms with E-state index in [9.17, 15) is 9.18 Å². The Morgan fingerprint density at radius 2 is 2.05 bits per heavy atom. The molecule has 0 amide bonds. The molecule has 0 spiro atoms. The quantitative estimate of drug-likeness (QED) is 0.606. The Balaban J connectivity index is 1.87. The van der Waals surface area contributed by atoms with Crippen molar-refractivity contribution in [3.63, 3.8) is 0 Å². The van der Waals surface area contributed by atoms with Gasteiger partial charge in [0.15, 0.2) is 0 Å². The van der Waals surface area contributed by atoms with E-state index in [1.165, 1.54) is 7.11 Å². The maximum absolute atomic E-state index is 13.6. The van der Waals surface area contributed by atoms with E-state index in [1.807, 2.05) is 24.3 Å². The topological polar surface area (TPSA) is 35.5 Å². The largest absolute Gasteiger partial charge is 0.487 e. The number of carbonyl (C=O) groups is 1. The zero-order valence-corrected chi connectivity index (χ0v) is 12.9. The first-order valence-electron chi connectivity index (χ1n) is 6.69. The van der Waals surface area contributed by atoms with Crippen LogP contribution in [0.3, 0.4) is 0 Å². The fourth-order valence-electron chi connectivity index (χ4n) is 2.27. The van der Waals surface area contributed by atoms with Gasteiger partial charge in [-0.3, -0.25) is 4.79 Å². The molecular weight excluding hydrogens is 327 g/mol. The van der Waals surface area contributed by atoms with Crippen molar-refractivity contribution in [1.29, 1.82) is 0 Å². The third kappa shape index (κ3) is 4.20. The first kappa shape index (κ1) is 15.3. The van der Waals surface area contributed by atoms with Gasteiger partial charge in [-0.1, -0.05) is 28.1 Å². The number of benzene rings is 1. The van der Waals surface area contributed by atoms with Crippen LogP contribution < -0.4 is 4.74 Å². The van der Waals surface area contributed by atoms with Crippen molar-refractivity contribution in [3.05, 3.63) is 29.8 Å². The molecule has 0 bridgehead atoms. The van der Waals surface area contributed by atoms with E-state index in [2.05, 4.69) is 20.7 Å². The lowest BCUT2D eigenvalue weighted by Crippen LogP contribution is -2.22. The number of carbonyl (C=O) groups excluding carboxylic acids is 1. The molecule has 3 unspecified atom stereocenters. The minimum atomic E-state index is -0.918. The number of rotatable bonds is 5. The summed E-state index contributed by atoms with van der Waals surface area (Å²) >= 11 is 3.42. The molecule has 0 saturated heterocycles. The lowest BCUT2D eigenvalue weighted by Gasteiger charge is -2.15. The monoisotopic (exact) mass is 344 g/mol. The van der Waals surface area contributed by atoms with Crippen LogP contribution in [0.25, 0.3) is 0 Å². The molecule has 1 aromatic rings. The van der Waals surface area contributed by atoms with Crippen LogP contribution in [0, 0.1) is 0 Å². The van der Waals surface area contributed by atoms with Crippen LogP contribution in [0.4, 0.5) is 4.39 Å².